The maximum absolute atomic E-state index is 13.6. The molecule has 0 amide bonds. The highest BCUT2D eigenvalue weighted by Crippen LogP contribution is 2.20. The zero-order chi connectivity index (χ0) is 22.3. The number of ketones is 1. The number of para-hydroxylation sites is 1. The average Bonchev–Trinajstić information content (AvgIpc) is 3.11. The van der Waals surface area contributed by atoms with Gasteiger partial charge in [0, 0.05) is 11.1 Å². The number of benzene rings is 2. The molecule has 4 aromatic rings. The van der Waals surface area contributed by atoms with E-state index in [1.807, 2.05) is 58.0 Å². The summed E-state index contributed by atoms with van der Waals surface area (Å²) in [6, 6.07) is 12.8. The summed E-state index contributed by atoms with van der Waals surface area (Å²) < 4.78 is 2.81. The number of hydrogen-bond acceptors (Lipinski definition) is 5. The highest BCUT2D eigenvalue weighted by atomic mass is 16.2. The van der Waals surface area contributed by atoms with Crippen molar-refractivity contribution < 1.29 is 4.79 Å². The topological polar surface area (TPSA) is 103 Å². The molecule has 0 unspecified atom stereocenters. The summed E-state index contributed by atoms with van der Waals surface area (Å²) in [6.07, 6.45) is 0. The van der Waals surface area contributed by atoms with Gasteiger partial charge in [0.1, 0.15) is 17.9 Å². The third kappa shape index (κ3) is 3.72. The lowest BCUT2D eigenvalue weighted by Gasteiger charge is -2.18. The van der Waals surface area contributed by atoms with Crippen molar-refractivity contribution in [2.45, 2.75) is 40.3 Å². The minimum atomic E-state index is -0.665. The molecule has 0 saturated heterocycles. The molecule has 0 fully saturated rings. The van der Waals surface area contributed by atoms with E-state index in [-0.39, 0.29) is 29.6 Å². The second-order valence-corrected chi connectivity index (χ2v) is 8.03. The number of nitrogens with one attached hydrogen (secondary N) is 1. The minimum absolute atomic E-state index is 0.0539. The molecule has 8 heteroatoms. The van der Waals surface area contributed by atoms with Gasteiger partial charge in [-0.15, -0.1) is 5.10 Å². The maximum atomic E-state index is 13.6. The van der Waals surface area contributed by atoms with E-state index in [1.54, 1.807) is 12.1 Å². The highest BCUT2D eigenvalue weighted by Gasteiger charge is 2.25. The van der Waals surface area contributed by atoms with Crippen LogP contribution in [0.25, 0.3) is 11.0 Å². The summed E-state index contributed by atoms with van der Waals surface area (Å²) >= 11 is 0. The van der Waals surface area contributed by atoms with Crippen LogP contribution in [0.3, 0.4) is 0 Å². The minimum Gasteiger partial charge on any atom is -0.287 e. The number of rotatable bonds is 5. The van der Waals surface area contributed by atoms with Crippen molar-refractivity contribution in [3.63, 3.8) is 0 Å². The number of aryl methyl sites for hydroxylation is 2. The van der Waals surface area contributed by atoms with Gasteiger partial charge in [-0.2, -0.15) is 0 Å². The zero-order valence-corrected chi connectivity index (χ0v) is 17.8. The molecule has 0 spiro atoms. The van der Waals surface area contributed by atoms with Crippen molar-refractivity contribution in [3.8, 4) is 0 Å². The normalized spacial score (nSPS) is 11.4. The van der Waals surface area contributed by atoms with Crippen LogP contribution in [-0.4, -0.2) is 30.3 Å². The molecule has 8 nitrogen and oxygen atoms in total. The first-order valence-electron chi connectivity index (χ1n) is 10.0. The van der Waals surface area contributed by atoms with Gasteiger partial charge in [-0.3, -0.25) is 19.1 Å². The van der Waals surface area contributed by atoms with Crippen LogP contribution in [-0.2, 0) is 6.67 Å². The van der Waals surface area contributed by atoms with Gasteiger partial charge < -0.3 is 0 Å². The van der Waals surface area contributed by atoms with Gasteiger partial charge in [0.25, 0.3) is 5.56 Å². The molecule has 158 valence electrons. The Morgan fingerprint density at radius 2 is 1.74 bits per heavy atom. The van der Waals surface area contributed by atoms with Gasteiger partial charge in [-0.1, -0.05) is 48.4 Å². The monoisotopic (exact) mass is 417 g/mol. The molecule has 0 bridgehead atoms. The molecule has 4 rings (SSSR count). The first-order valence-corrected chi connectivity index (χ1v) is 10.0. The van der Waals surface area contributed by atoms with Gasteiger partial charge in [0.05, 0.1) is 5.52 Å². The van der Waals surface area contributed by atoms with Crippen LogP contribution in [0.5, 0.6) is 0 Å². The Hall–Kier alpha value is -3.81. The Kier molecular flexibility index (Phi) is 5.14. The molecule has 0 aliphatic carbocycles. The Morgan fingerprint density at radius 1 is 1.06 bits per heavy atom. The Bertz CT molecular complexity index is 1410. The fourth-order valence-corrected chi connectivity index (χ4v) is 3.90. The molecule has 1 N–H and O–H groups in total. The highest BCUT2D eigenvalue weighted by molar-refractivity contribution is 6.09. The van der Waals surface area contributed by atoms with Crippen LogP contribution in [0.1, 0.15) is 52.5 Å². The van der Waals surface area contributed by atoms with E-state index >= 15 is 0 Å². The van der Waals surface area contributed by atoms with Crippen LogP contribution in [0, 0.1) is 13.8 Å². The van der Waals surface area contributed by atoms with Crippen molar-refractivity contribution in [2.24, 2.45) is 0 Å². The van der Waals surface area contributed by atoms with Crippen molar-refractivity contribution in [2.75, 3.05) is 0 Å². The van der Waals surface area contributed by atoms with E-state index in [9.17, 15) is 14.4 Å². The van der Waals surface area contributed by atoms with E-state index in [2.05, 4.69) is 15.3 Å². The summed E-state index contributed by atoms with van der Waals surface area (Å²) in [6.45, 7) is 7.39. The SMILES string of the molecule is Cc1cc(C)cc(C(=O)c2c(C(C)C)c(=O)[nH]c(=O)n2Cn2nnc3ccccc32)c1. The standard InChI is InChI=1S/C23H23N5O3/c1-13(2)19-20(21(29)16-10-14(3)9-15(4)11-16)27(23(31)24-22(19)30)12-28-18-8-6-5-7-17(18)25-26-28/h5-11,13H,12H2,1-4H3,(H,24,30,31). The summed E-state index contributed by atoms with van der Waals surface area (Å²) in [4.78, 5) is 41.5. The van der Waals surface area contributed by atoms with Crippen LogP contribution in [0.2, 0.25) is 0 Å². The van der Waals surface area contributed by atoms with E-state index in [0.717, 1.165) is 16.6 Å². The van der Waals surface area contributed by atoms with Gasteiger partial charge in [0.2, 0.25) is 5.78 Å². The quantitative estimate of drug-likeness (QED) is 0.503. The number of carbonyl (C=O) groups is 1. The lowest BCUT2D eigenvalue weighted by atomic mass is 9.95. The van der Waals surface area contributed by atoms with E-state index in [0.29, 0.717) is 11.1 Å². The summed E-state index contributed by atoms with van der Waals surface area (Å²) in [5.41, 5.74) is 2.81. The Balaban J connectivity index is 1.97. The number of aromatic nitrogens is 5. The summed E-state index contributed by atoms with van der Waals surface area (Å²) in [7, 11) is 0. The Labute approximate surface area is 178 Å². The summed E-state index contributed by atoms with van der Waals surface area (Å²) in [5.74, 6) is -0.643. The number of aromatic amines is 1. The molecule has 0 radical (unpaired) electrons. The fraction of sp³-hybridized carbons (Fsp3) is 0.261. The number of H-pyrrole nitrogens is 1. The Morgan fingerprint density at radius 3 is 2.42 bits per heavy atom. The van der Waals surface area contributed by atoms with Crippen molar-refractivity contribution in [1.29, 1.82) is 0 Å². The van der Waals surface area contributed by atoms with Gasteiger partial charge in [-0.05, 0) is 44.0 Å². The molecular formula is C23H23N5O3. The molecule has 0 atom stereocenters. The second-order valence-electron chi connectivity index (χ2n) is 8.03. The van der Waals surface area contributed by atoms with Gasteiger partial charge in [-0.25, -0.2) is 9.48 Å². The van der Waals surface area contributed by atoms with Crippen LogP contribution in [0.15, 0.2) is 52.1 Å². The lowest BCUT2D eigenvalue weighted by Crippen LogP contribution is -2.39. The van der Waals surface area contributed by atoms with Gasteiger partial charge in [0.15, 0.2) is 0 Å². The van der Waals surface area contributed by atoms with Crippen LogP contribution >= 0.6 is 0 Å². The van der Waals surface area contributed by atoms with E-state index in [4.69, 9.17) is 0 Å². The number of fused-ring (bicyclic) bond motifs is 1. The molecule has 0 aliphatic heterocycles. The number of carbonyl (C=O) groups excluding carboxylic acids is 1. The second kappa shape index (κ2) is 7.79. The van der Waals surface area contributed by atoms with Crippen molar-refractivity contribution in [1.82, 2.24) is 24.5 Å². The van der Waals surface area contributed by atoms with E-state index < -0.39 is 11.2 Å². The third-order valence-electron chi connectivity index (χ3n) is 5.21. The predicted octanol–water partition coefficient (Wildman–Crippen LogP) is 2.76. The average molecular weight is 417 g/mol. The van der Waals surface area contributed by atoms with Crippen molar-refractivity contribution >= 4 is 16.8 Å². The predicted molar refractivity (Wildman–Crippen MR) is 118 cm³/mol. The van der Waals surface area contributed by atoms with Crippen LogP contribution in [0.4, 0.5) is 0 Å². The molecule has 0 saturated carbocycles. The molecule has 2 aromatic heterocycles. The first kappa shape index (κ1) is 20.5. The number of hydrogen-bond donors (Lipinski definition) is 1. The van der Waals surface area contributed by atoms with Crippen LogP contribution < -0.4 is 11.2 Å². The zero-order valence-electron chi connectivity index (χ0n) is 17.8. The molecule has 31 heavy (non-hydrogen) atoms. The number of nitrogens with zero attached hydrogens (tertiary/aromatic N) is 4. The molecule has 0 aliphatic rings. The summed E-state index contributed by atoms with van der Waals surface area (Å²) in [5, 5.41) is 8.25. The maximum Gasteiger partial charge on any atom is 0.330 e. The first-order chi connectivity index (χ1) is 14.8. The molecular weight excluding hydrogens is 394 g/mol. The van der Waals surface area contributed by atoms with Gasteiger partial charge >= 0.3 is 5.69 Å². The fourth-order valence-electron chi connectivity index (χ4n) is 3.90. The molecule has 2 heterocycles. The van der Waals surface area contributed by atoms with Crippen molar-refractivity contribution in [3.05, 3.63) is 91.3 Å². The smallest absolute Gasteiger partial charge is 0.287 e. The molecule has 2 aromatic carbocycles. The van der Waals surface area contributed by atoms with E-state index in [1.165, 1.54) is 9.25 Å². The lowest BCUT2D eigenvalue weighted by molar-refractivity contribution is 0.102. The largest absolute Gasteiger partial charge is 0.330 e. The third-order valence-corrected chi connectivity index (χ3v) is 5.21.